The number of benzene rings is 4. The zero-order valence-electron chi connectivity index (χ0n) is 14.4. The Morgan fingerprint density at radius 1 is 0.385 bits per heavy atom. The highest BCUT2D eigenvalue weighted by Crippen LogP contribution is 2.27. The van der Waals surface area contributed by atoms with E-state index in [-0.39, 0.29) is 0 Å². The fourth-order valence-corrected chi connectivity index (χ4v) is 4.28. The fourth-order valence-electron chi connectivity index (χ4n) is 3.04. The summed E-state index contributed by atoms with van der Waals surface area (Å²) in [7, 11) is -0.833. The molecule has 0 saturated heterocycles. The van der Waals surface area contributed by atoms with Crippen molar-refractivity contribution in [3.8, 4) is 22.3 Å². The molecule has 0 aliphatic carbocycles. The van der Waals surface area contributed by atoms with Crippen molar-refractivity contribution in [1.82, 2.24) is 0 Å². The minimum absolute atomic E-state index is 0.833. The highest BCUT2D eigenvalue weighted by atomic mass is 31.1. The zero-order chi connectivity index (χ0) is 17.8. The third kappa shape index (κ3) is 3.60. The molecule has 4 aromatic rings. The van der Waals surface area contributed by atoms with E-state index in [1.54, 1.807) is 0 Å². The average molecular weight is 353 g/mol. The van der Waals surface area contributed by atoms with Gasteiger partial charge in [0.2, 0.25) is 0 Å². The first-order valence-electron chi connectivity index (χ1n) is 8.67. The van der Waals surface area contributed by atoms with Gasteiger partial charge in [0.05, 0.1) is 0 Å². The van der Waals surface area contributed by atoms with E-state index in [4.69, 9.17) is 5.50 Å². The Balaban J connectivity index is 1.55. The maximum Gasteiger partial charge on any atom is 0.0225 e. The zero-order valence-corrected chi connectivity index (χ0v) is 15.3. The van der Waals surface area contributed by atoms with Crippen LogP contribution in [-0.2, 0) is 0 Å². The molecule has 0 heterocycles. The summed E-state index contributed by atoms with van der Waals surface area (Å²) < 4.78 is 0. The van der Waals surface area contributed by atoms with Crippen molar-refractivity contribution >= 4 is 18.7 Å². The van der Waals surface area contributed by atoms with Crippen LogP contribution in [0.3, 0.4) is 0 Å². The van der Waals surface area contributed by atoms with Gasteiger partial charge in [-0.2, -0.15) is 0 Å². The van der Waals surface area contributed by atoms with Crippen LogP contribution < -0.4 is 16.1 Å². The Hall–Kier alpha value is -2.73. The molecule has 0 radical (unpaired) electrons. The number of hydrogen-bond acceptors (Lipinski definition) is 1. The van der Waals surface area contributed by atoms with E-state index in [1.807, 2.05) is 12.1 Å². The molecule has 26 heavy (non-hydrogen) atoms. The lowest BCUT2D eigenvalue weighted by Crippen LogP contribution is -2.17. The van der Waals surface area contributed by atoms with Gasteiger partial charge in [0, 0.05) is 8.07 Å². The molecule has 0 bridgehead atoms. The van der Waals surface area contributed by atoms with Gasteiger partial charge in [0.1, 0.15) is 0 Å². The Bertz CT molecular complexity index is 879. The summed E-state index contributed by atoms with van der Waals surface area (Å²) in [6.07, 6.45) is 0. The lowest BCUT2D eigenvalue weighted by atomic mass is 10.1. The van der Waals surface area contributed by atoms with E-state index in [2.05, 4.69) is 97.1 Å². The summed E-state index contributed by atoms with van der Waals surface area (Å²) in [4.78, 5) is 0. The lowest BCUT2D eigenvalue weighted by Gasteiger charge is -2.14. The molecule has 0 spiro atoms. The third-order valence-electron chi connectivity index (χ3n) is 4.51. The largest absolute Gasteiger partial charge is 0.302 e. The second-order valence-electron chi connectivity index (χ2n) is 6.20. The van der Waals surface area contributed by atoms with E-state index in [0.717, 1.165) is 0 Å². The molecular formula is C24H20NP. The van der Waals surface area contributed by atoms with Crippen LogP contribution in [0, 0.1) is 0 Å². The van der Waals surface area contributed by atoms with Gasteiger partial charge in [-0.25, -0.2) is 0 Å². The van der Waals surface area contributed by atoms with Crippen molar-refractivity contribution in [2.75, 3.05) is 0 Å². The molecule has 126 valence electrons. The summed E-state index contributed by atoms with van der Waals surface area (Å²) in [5.74, 6) is 0. The summed E-state index contributed by atoms with van der Waals surface area (Å²) in [5.41, 5.74) is 11.5. The summed E-state index contributed by atoms with van der Waals surface area (Å²) in [5, 5.41) is 2.37. The second kappa shape index (κ2) is 7.66. The minimum Gasteiger partial charge on any atom is -0.302 e. The van der Waals surface area contributed by atoms with Crippen molar-refractivity contribution in [2.45, 2.75) is 0 Å². The van der Waals surface area contributed by atoms with Crippen molar-refractivity contribution in [3.63, 3.8) is 0 Å². The van der Waals surface area contributed by atoms with Gasteiger partial charge in [-0.3, -0.25) is 0 Å². The molecule has 1 nitrogen and oxygen atoms in total. The standard InChI is InChI=1S/C24H20NP/c25-26(23-15-11-21(12-16-23)19-7-3-1-4-8-19)24-17-13-22(14-18-24)20-9-5-2-6-10-20/h1-18H,25H2. The van der Waals surface area contributed by atoms with Crippen LogP contribution in [0.1, 0.15) is 0 Å². The smallest absolute Gasteiger partial charge is 0.0225 e. The van der Waals surface area contributed by atoms with Gasteiger partial charge < -0.3 is 5.50 Å². The molecule has 4 aromatic carbocycles. The van der Waals surface area contributed by atoms with Crippen molar-refractivity contribution < 1.29 is 0 Å². The van der Waals surface area contributed by atoms with Gasteiger partial charge in [0.25, 0.3) is 0 Å². The molecule has 0 fully saturated rings. The highest BCUT2D eigenvalue weighted by Gasteiger charge is 2.09. The molecule has 0 amide bonds. The Kier molecular flexibility index (Phi) is 4.93. The summed E-state index contributed by atoms with van der Waals surface area (Å²) >= 11 is 0. The van der Waals surface area contributed by atoms with Crippen molar-refractivity contribution in [2.24, 2.45) is 5.50 Å². The minimum atomic E-state index is -0.833. The van der Waals surface area contributed by atoms with Crippen LogP contribution >= 0.6 is 8.07 Å². The molecule has 0 aliphatic rings. The fraction of sp³-hybridized carbons (Fsp3) is 0. The first-order chi connectivity index (χ1) is 12.8. The van der Waals surface area contributed by atoms with E-state index < -0.39 is 8.07 Å². The Labute approximate surface area is 155 Å². The molecule has 0 aliphatic heterocycles. The molecular weight excluding hydrogens is 333 g/mol. The second-order valence-corrected chi connectivity index (χ2v) is 7.97. The lowest BCUT2D eigenvalue weighted by molar-refractivity contribution is 1.63. The maximum atomic E-state index is 6.56. The van der Waals surface area contributed by atoms with E-state index in [1.165, 1.54) is 32.9 Å². The quantitative estimate of drug-likeness (QED) is 0.493. The predicted octanol–water partition coefficient (Wildman–Crippen LogP) is 5.33. The third-order valence-corrected chi connectivity index (χ3v) is 6.21. The van der Waals surface area contributed by atoms with Gasteiger partial charge in [-0.05, 0) is 32.9 Å². The number of nitrogens with two attached hydrogens (primary N) is 1. The van der Waals surface area contributed by atoms with E-state index >= 15 is 0 Å². The van der Waals surface area contributed by atoms with Crippen molar-refractivity contribution in [1.29, 1.82) is 0 Å². The van der Waals surface area contributed by atoms with Gasteiger partial charge in [0.15, 0.2) is 0 Å². The topological polar surface area (TPSA) is 26.0 Å². The van der Waals surface area contributed by atoms with Gasteiger partial charge in [-0.15, -0.1) is 0 Å². The Morgan fingerprint density at radius 2 is 0.692 bits per heavy atom. The van der Waals surface area contributed by atoms with E-state index in [9.17, 15) is 0 Å². The Morgan fingerprint density at radius 3 is 1.04 bits per heavy atom. The normalized spacial score (nSPS) is 10.8. The predicted molar refractivity (Wildman–Crippen MR) is 114 cm³/mol. The summed E-state index contributed by atoms with van der Waals surface area (Å²) in [6.45, 7) is 0. The van der Waals surface area contributed by atoms with E-state index in [0.29, 0.717) is 0 Å². The van der Waals surface area contributed by atoms with Crippen molar-refractivity contribution in [3.05, 3.63) is 109 Å². The highest BCUT2D eigenvalue weighted by molar-refractivity contribution is 7.70. The first kappa shape index (κ1) is 16.7. The molecule has 2 heteroatoms. The average Bonchev–Trinajstić information content (AvgIpc) is 2.75. The van der Waals surface area contributed by atoms with Crippen LogP contribution in [0.25, 0.3) is 22.3 Å². The molecule has 2 N–H and O–H groups in total. The monoisotopic (exact) mass is 353 g/mol. The van der Waals surface area contributed by atoms with Crippen LogP contribution in [0.5, 0.6) is 0 Å². The SMILES string of the molecule is NP(c1ccc(-c2ccccc2)cc1)c1ccc(-c2ccccc2)cc1. The van der Waals surface area contributed by atoms with Crippen LogP contribution in [0.2, 0.25) is 0 Å². The molecule has 0 unspecified atom stereocenters. The van der Waals surface area contributed by atoms with Gasteiger partial charge >= 0.3 is 0 Å². The van der Waals surface area contributed by atoms with Crippen LogP contribution in [-0.4, -0.2) is 0 Å². The number of rotatable bonds is 4. The molecule has 0 aromatic heterocycles. The molecule has 4 rings (SSSR count). The maximum absolute atomic E-state index is 6.56. The number of hydrogen-bond donors (Lipinski definition) is 1. The van der Waals surface area contributed by atoms with Crippen LogP contribution in [0.15, 0.2) is 109 Å². The first-order valence-corrected chi connectivity index (χ1v) is 10.1. The summed E-state index contributed by atoms with van der Waals surface area (Å²) in [6, 6.07) is 38.1. The van der Waals surface area contributed by atoms with Gasteiger partial charge in [-0.1, -0.05) is 109 Å². The van der Waals surface area contributed by atoms with Crippen LogP contribution in [0.4, 0.5) is 0 Å². The molecule has 0 saturated carbocycles. The molecule has 0 atom stereocenters.